The highest BCUT2D eigenvalue weighted by Gasteiger charge is 2.22. The first-order valence-electron chi connectivity index (χ1n) is 6.21. The Balaban J connectivity index is 2.50. The van der Waals surface area contributed by atoms with E-state index in [4.69, 9.17) is 0 Å². The van der Waals surface area contributed by atoms with Crippen LogP contribution in [0.2, 0.25) is 0 Å². The van der Waals surface area contributed by atoms with Crippen LogP contribution in [0.3, 0.4) is 0 Å². The molecule has 5 nitrogen and oxygen atoms in total. The van der Waals surface area contributed by atoms with Gasteiger partial charge in [-0.15, -0.1) is 0 Å². The molecule has 0 unspecified atom stereocenters. The zero-order valence-corrected chi connectivity index (χ0v) is 12.7. The number of carbonyl (C=O) groups is 2. The van der Waals surface area contributed by atoms with Gasteiger partial charge in [0.25, 0.3) is 0 Å². The summed E-state index contributed by atoms with van der Waals surface area (Å²) >= 11 is 1.47. The van der Waals surface area contributed by atoms with E-state index < -0.39 is 17.4 Å². The number of aliphatic hydroxyl groups is 1. The summed E-state index contributed by atoms with van der Waals surface area (Å²) in [7, 11) is 0. The lowest BCUT2D eigenvalue weighted by Gasteiger charge is -2.22. The van der Waals surface area contributed by atoms with Crippen molar-refractivity contribution in [1.82, 2.24) is 5.32 Å². The molecule has 6 heteroatoms. The summed E-state index contributed by atoms with van der Waals surface area (Å²) in [6, 6.07) is 7.18. The third-order valence-electron chi connectivity index (χ3n) is 2.57. The highest BCUT2D eigenvalue weighted by Crippen LogP contribution is 2.10. The van der Waals surface area contributed by atoms with Gasteiger partial charge in [0.15, 0.2) is 0 Å². The van der Waals surface area contributed by atoms with Gasteiger partial charge in [-0.3, -0.25) is 9.59 Å². The maximum Gasteiger partial charge on any atom is 0.313 e. The van der Waals surface area contributed by atoms with Crippen LogP contribution < -0.4 is 10.6 Å². The third-order valence-corrected chi connectivity index (χ3v) is 3.48. The molecule has 1 aromatic carbocycles. The third kappa shape index (κ3) is 5.63. The van der Waals surface area contributed by atoms with Gasteiger partial charge in [0.1, 0.15) is 0 Å². The molecule has 0 fully saturated rings. The maximum atomic E-state index is 11.7. The largest absolute Gasteiger partial charge is 0.387 e. The highest BCUT2D eigenvalue weighted by molar-refractivity contribution is 7.98. The van der Waals surface area contributed by atoms with E-state index >= 15 is 0 Å². The number of hydrogen-bond acceptors (Lipinski definition) is 4. The lowest BCUT2D eigenvalue weighted by Crippen LogP contribution is -2.45. The van der Waals surface area contributed by atoms with Gasteiger partial charge in [0.2, 0.25) is 0 Å². The first-order chi connectivity index (χ1) is 9.34. The van der Waals surface area contributed by atoms with Crippen LogP contribution in [0.5, 0.6) is 0 Å². The van der Waals surface area contributed by atoms with Crippen molar-refractivity contribution < 1.29 is 14.7 Å². The minimum Gasteiger partial charge on any atom is -0.387 e. The van der Waals surface area contributed by atoms with Crippen molar-refractivity contribution in [2.75, 3.05) is 23.9 Å². The van der Waals surface area contributed by atoms with E-state index in [1.807, 2.05) is 19.2 Å². The molecule has 1 rings (SSSR count). The molecular weight excluding hydrogens is 276 g/mol. The number of thioether (sulfide) groups is 1. The maximum absolute atomic E-state index is 11.7. The molecule has 0 bridgehead atoms. The molecule has 0 radical (unpaired) electrons. The van der Waals surface area contributed by atoms with Gasteiger partial charge >= 0.3 is 11.8 Å². The van der Waals surface area contributed by atoms with Crippen molar-refractivity contribution in [1.29, 1.82) is 0 Å². The Labute approximate surface area is 123 Å². The van der Waals surface area contributed by atoms with Crippen molar-refractivity contribution in [2.24, 2.45) is 0 Å². The van der Waals surface area contributed by atoms with E-state index in [0.717, 1.165) is 5.56 Å². The second-order valence-corrected chi connectivity index (χ2v) is 5.80. The van der Waals surface area contributed by atoms with Crippen LogP contribution in [0.1, 0.15) is 12.5 Å². The van der Waals surface area contributed by atoms with Crippen molar-refractivity contribution >= 4 is 29.3 Å². The summed E-state index contributed by atoms with van der Waals surface area (Å²) in [5.74, 6) is -1.02. The van der Waals surface area contributed by atoms with Gasteiger partial charge in [0, 0.05) is 18.0 Å². The highest BCUT2D eigenvalue weighted by atomic mass is 32.2. The molecule has 0 aliphatic heterocycles. The van der Waals surface area contributed by atoms with Crippen molar-refractivity contribution in [3.8, 4) is 0 Å². The van der Waals surface area contributed by atoms with E-state index in [0.29, 0.717) is 11.4 Å². The molecule has 0 saturated heterocycles. The predicted molar refractivity (Wildman–Crippen MR) is 81.8 cm³/mol. The summed E-state index contributed by atoms with van der Waals surface area (Å²) in [4.78, 5) is 23.3. The molecule has 0 spiro atoms. The molecule has 2 amide bonds. The van der Waals surface area contributed by atoms with Crippen LogP contribution in [0.4, 0.5) is 5.69 Å². The fourth-order valence-corrected chi connectivity index (χ4v) is 2.35. The van der Waals surface area contributed by atoms with Crippen molar-refractivity contribution in [3.63, 3.8) is 0 Å². The Morgan fingerprint density at radius 2 is 2.05 bits per heavy atom. The zero-order chi connectivity index (χ0) is 15.2. The topological polar surface area (TPSA) is 78.4 Å². The van der Waals surface area contributed by atoms with Gasteiger partial charge < -0.3 is 15.7 Å². The van der Waals surface area contributed by atoms with Crippen LogP contribution in [-0.2, 0) is 9.59 Å². The summed E-state index contributed by atoms with van der Waals surface area (Å²) in [5, 5.41) is 14.8. The Hall–Kier alpha value is -1.53. The monoisotopic (exact) mass is 296 g/mol. The molecule has 110 valence electrons. The van der Waals surface area contributed by atoms with Gasteiger partial charge in [-0.1, -0.05) is 12.1 Å². The number of amides is 2. The minimum absolute atomic E-state index is 0.0356. The average Bonchev–Trinajstić information content (AvgIpc) is 2.36. The molecule has 0 saturated carbocycles. The lowest BCUT2D eigenvalue weighted by molar-refractivity contribution is -0.136. The van der Waals surface area contributed by atoms with Crippen LogP contribution in [0.25, 0.3) is 0 Å². The number of anilines is 1. The molecule has 1 atom stereocenters. The summed E-state index contributed by atoms with van der Waals surface area (Å²) in [6.45, 7) is 3.55. The normalized spacial score (nSPS) is 13.4. The van der Waals surface area contributed by atoms with Crippen molar-refractivity contribution in [3.05, 3.63) is 29.8 Å². The molecule has 3 N–H and O–H groups in total. The fraction of sp³-hybridized carbons (Fsp3) is 0.429. The fourth-order valence-electron chi connectivity index (χ4n) is 1.62. The lowest BCUT2D eigenvalue weighted by atomic mass is 10.1. The Kier molecular flexibility index (Phi) is 6.04. The van der Waals surface area contributed by atoms with Crippen LogP contribution in [0, 0.1) is 6.92 Å². The number of hydrogen-bond donors (Lipinski definition) is 3. The van der Waals surface area contributed by atoms with E-state index in [-0.39, 0.29) is 6.54 Å². The van der Waals surface area contributed by atoms with E-state index in [1.54, 1.807) is 25.1 Å². The molecule has 0 aliphatic carbocycles. The molecular formula is C14H20N2O3S. The number of aryl methyl sites for hydroxylation is 1. The van der Waals surface area contributed by atoms with E-state index in [2.05, 4.69) is 10.6 Å². The summed E-state index contributed by atoms with van der Waals surface area (Å²) in [6.07, 6.45) is 1.86. The number of benzene rings is 1. The van der Waals surface area contributed by atoms with E-state index in [1.165, 1.54) is 11.8 Å². The molecule has 0 aliphatic rings. The Morgan fingerprint density at radius 3 is 2.65 bits per heavy atom. The van der Waals surface area contributed by atoms with Crippen LogP contribution in [0.15, 0.2) is 24.3 Å². The standard InChI is InChI=1S/C14H20N2O3S/c1-10-5-4-6-11(7-10)16-13(18)12(17)15-8-14(2,19)9-20-3/h4-7,19H,8-9H2,1-3H3,(H,15,17)(H,16,18)/t14-/m0/s1. The number of carbonyl (C=O) groups excluding carboxylic acids is 2. The van der Waals surface area contributed by atoms with E-state index in [9.17, 15) is 14.7 Å². The Bertz CT molecular complexity index is 489. The first-order valence-corrected chi connectivity index (χ1v) is 7.60. The molecule has 20 heavy (non-hydrogen) atoms. The second-order valence-electron chi connectivity index (χ2n) is 4.94. The smallest absolute Gasteiger partial charge is 0.313 e. The first kappa shape index (κ1) is 16.5. The van der Waals surface area contributed by atoms with Gasteiger partial charge in [-0.05, 0) is 37.8 Å². The second kappa shape index (κ2) is 7.31. The quantitative estimate of drug-likeness (QED) is 0.713. The molecule has 0 aromatic heterocycles. The Morgan fingerprint density at radius 1 is 1.35 bits per heavy atom. The van der Waals surface area contributed by atoms with Gasteiger partial charge in [-0.2, -0.15) is 11.8 Å². The predicted octanol–water partition coefficient (Wildman–Crippen LogP) is 1.16. The summed E-state index contributed by atoms with van der Waals surface area (Å²) in [5.41, 5.74) is 0.533. The number of rotatable bonds is 5. The van der Waals surface area contributed by atoms with Gasteiger partial charge in [0.05, 0.1) is 5.60 Å². The van der Waals surface area contributed by atoms with Crippen molar-refractivity contribution in [2.45, 2.75) is 19.4 Å². The number of nitrogens with one attached hydrogen (secondary N) is 2. The summed E-state index contributed by atoms with van der Waals surface area (Å²) < 4.78 is 0. The molecule has 1 aromatic rings. The zero-order valence-electron chi connectivity index (χ0n) is 11.9. The minimum atomic E-state index is -1.03. The van der Waals surface area contributed by atoms with Gasteiger partial charge in [-0.25, -0.2) is 0 Å². The average molecular weight is 296 g/mol. The van der Waals surface area contributed by atoms with Crippen LogP contribution >= 0.6 is 11.8 Å². The molecule has 0 heterocycles. The SMILES string of the molecule is CSC[C@@](C)(O)CNC(=O)C(=O)Nc1cccc(C)c1. The van der Waals surface area contributed by atoms with Crippen LogP contribution in [-0.4, -0.2) is 41.1 Å².